The minimum atomic E-state index is -0.990. The summed E-state index contributed by atoms with van der Waals surface area (Å²) in [6, 6.07) is 13.7. The van der Waals surface area contributed by atoms with Crippen molar-refractivity contribution in [2.24, 2.45) is 4.99 Å². The molecule has 0 heterocycles. The van der Waals surface area contributed by atoms with Crippen molar-refractivity contribution in [2.75, 3.05) is 0 Å². The minimum absolute atomic E-state index is 0.0950. The van der Waals surface area contributed by atoms with Crippen molar-refractivity contribution < 1.29 is 14.6 Å². The van der Waals surface area contributed by atoms with Crippen molar-refractivity contribution in [2.45, 2.75) is 38.5 Å². The number of benzene rings is 2. The van der Waals surface area contributed by atoms with Gasteiger partial charge >= 0.3 is 5.97 Å². The van der Waals surface area contributed by atoms with Gasteiger partial charge in [0.05, 0.1) is 11.8 Å². The molecule has 0 aliphatic heterocycles. The summed E-state index contributed by atoms with van der Waals surface area (Å²) in [5, 5.41) is 9.39. The summed E-state index contributed by atoms with van der Waals surface area (Å²) in [6.45, 7) is 15.0. The standard InChI is InChI=1S/C22H25NO3S/c1-14(2)26-18-9-7-8-16(12-18)17-10-11-20(23-6)19(13-17)15(3)27-22(4,5)21(24)25/h7-14H,3,6H2,1-2,4-5H3,(H,24,25). The Morgan fingerprint density at radius 2 is 1.85 bits per heavy atom. The zero-order valence-corrected chi connectivity index (χ0v) is 17.0. The Morgan fingerprint density at radius 1 is 1.19 bits per heavy atom. The predicted octanol–water partition coefficient (Wildman–Crippen LogP) is 6.04. The number of hydrogen-bond acceptors (Lipinski definition) is 4. The fourth-order valence-corrected chi connectivity index (χ4v) is 3.48. The Labute approximate surface area is 165 Å². The molecular weight excluding hydrogens is 358 g/mol. The van der Waals surface area contributed by atoms with Gasteiger partial charge in [-0.1, -0.05) is 24.8 Å². The third-order valence-corrected chi connectivity index (χ3v) is 5.05. The summed E-state index contributed by atoms with van der Waals surface area (Å²) in [7, 11) is 0. The third kappa shape index (κ3) is 5.23. The second-order valence-corrected chi connectivity index (χ2v) is 8.64. The number of carboxylic acids is 1. The Balaban J connectivity index is 2.42. The molecule has 0 fully saturated rings. The van der Waals surface area contributed by atoms with Gasteiger partial charge < -0.3 is 9.84 Å². The molecular formula is C22H25NO3S. The van der Waals surface area contributed by atoms with Gasteiger partial charge in [-0.3, -0.25) is 9.79 Å². The van der Waals surface area contributed by atoms with Crippen LogP contribution < -0.4 is 4.74 Å². The molecule has 0 aliphatic rings. The Morgan fingerprint density at radius 3 is 2.44 bits per heavy atom. The van der Waals surface area contributed by atoms with E-state index in [2.05, 4.69) is 18.3 Å². The molecule has 0 bridgehead atoms. The summed E-state index contributed by atoms with van der Waals surface area (Å²) in [5.74, 6) is -0.0911. The lowest BCUT2D eigenvalue weighted by Crippen LogP contribution is -2.26. The van der Waals surface area contributed by atoms with E-state index < -0.39 is 10.7 Å². The number of rotatable bonds is 8. The monoisotopic (exact) mass is 383 g/mol. The first-order valence-electron chi connectivity index (χ1n) is 8.63. The van der Waals surface area contributed by atoms with E-state index in [0.717, 1.165) is 22.4 Å². The van der Waals surface area contributed by atoms with Gasteiger partial charge in [0.1, 0.15) is 10.5 Å². The quantitative estimate of drug-likeness (QED) is 0.565. The van der Waals surface area contributed by atoms with Crippen molar-refractivity contribution in [1.29, 1.82) is 0 Å². The lowest BCUT2D eigenvalue weighted by molar-refractivity contribution is -0.138. The van der Waals surface area contributed by atoms with Crippen LogP contribution in [0.2, 0.25) is 0 Å². The molecule has 0 saturated heterocycles. The van der Waals surface area contributed by atoms with E-state index in [0.29, 0.717) is 10.6 Å². The molecule has 2 aromatic carbocycles. The summed E-state index contributed by atoms with van der Waals surface area (Å²) < 4.78 is 4.79. The molecule has 0 aliphatic carbocycles. The first kappa shape index (κ1) is 20.8. The maximum atomic E-state index is 11.4. The number of ether oxygens (including phenoxy) is 1. The average Bonchev–Trinajstić information content (AvgIpc) is 2.60. The van der Waals surface area contributed by atoms with Gasteiger partial charge in [0.15, 0.2) is 0 Å². The molecule has 0 unspecified atom stereocenters. The Bertz CT molecular complexity index is 872. The molecule has 0 radical (unpaired) electrons. The van der Waals surface area contributed by atoms with Crippen LogP contribution in [0.1, 0.15) is 33.3 Å². The van der Waals surface area contributed by atoms with Crippen LogP contribution in [0.4, 0.5) is 5.69 Å². The molecule has 0 saturated carbocycles. The van der Waals surface area contributed by atoms with Crippen LogP contribution in [-0.4, -0.2) is 28.6 Å². The Hall–Kier alpha value is -2.53. The van der Waals surface area contributed by atoms with E-state index >= 15 is 0 Å². The highest BCUT2D eigenvalue weighted by atomic mass is 32.2. The molecule has 2 aromatic rings. The summed E-state index contributed by atoms with van der Waals surface area (Å²) >= 11 is 1.20. The summed E-state index contributed by atoms with van der Waals surface area (Å²) in [5.41, 5.74) is 3.42. The highest BCUT2D eigenvalue weighted by Crippen LogP contribution is 2.41. The van der Waals surface area contributed by atoms with Crippen molar-refractivity contribution in [3.63, 3.8) is 0 Å². The summed E-state index contributed by atoms with van der Waals surface area (Å²) in [4.78, 5) is 16.1. The molecule has 0 aromatic heterocycles. The van der Waals surface area contributed by atoms with Crippen LogP contribution in [0.15, 0.2) is 54.0 Å². The van der Waals surface area contributed by atoms with E-state index in [4.69, 9.17) is 4.74 Å². The molecule has 0 atom stereocenters. The zero-order chi connectivity index (χ0) is 20.2. The molecule has 0 spiro atoms. The molecule has 5 heteroatoms. The second kappa shape index (κ2) is 8.44. The van der Waals surface area contributed by atoms with E-state index in [1.807, 2.05) is 56.3 Å². The van der Waals surface area contributed by atoms with Gasteiger partial charge in [0.2, 0.25) is 0 Å². The zero-order valence-electron chi connectivity index (χ0n) is 16.2. The number of hydrogen-bond donors (Lipinski definition) is 1. The van der Waals surface area contributed by atoms with Crippen LogP contribution in [0.25, 0.3) is 16.0 Å². The van der Waals surface area contributed by atoms with Crippen molar-refractivity contribution >= 4 is 35.0 Å². The maximum Gasteiger partial charge on any atom is 0.319 e. The van der Waals surface area contributed by atoms with Gasteiger partial charge in [-0.2, -0.15) is 0 Å². The lowest BCUT2D eigenvalue weighted by Gasteiger charge is -2.21. The van der Waals surface area contributed by atoms with Gasteiger partial charge in [-0.05, 0) is 69.8 Å². The minimum Gasteiger partial charge on any atom is -0.491 e. The van der Waals surface area contributed by atoms with E-state index in [1.54, 1.807) is 13.8 Å². The molecule has 1 N–H and O–H groups in total. The number of aliphatic carboxylic acids is 1. The maximum absolute atomic E-state index is 11.4. The van der Waals surface area contributed by atoms with Crippen LogP contribution in [0.5, 0.6) is 5.75 Å². The predicted molar refractivity (Wildman–Crippen MR) is 115 cm³/mol. The molecule has 0 amide bonds. The first-order chi connectivity index (χ1) is 12.6. The lowest BCUT2D eigenvalue weighted by atomic mass is 10.0. The molecule has 142 valence electrons. The van der Waals surface area contributed by atoms with Crippen molar-refractivity contribution in [3.05, 3.63) is 54.6 Å². The number of nitrogens with zero attached hydrogens (tertiary/aromatic N) is 1. The SMILES string of the molecule is C=Nc1ccc(-c2cccc(OC(C)C)c2)cc1C(=C)SC(C)(C)C(=O)O. The van der Waals surface area contributed by atoms with Gasteiger partial charge in [0.25, 0.3) is 0 Å². The largest absolute Gasteiger partial charge is 0.491 e. The third-order valence-electron chi connectivity index (χ3n) is 3.90. The topological polar surface area (TPSA) is 58.9 Å². The highest BCUT2D eigenvalue weighted by Gasteiger charge is 2.29. The van der Waals surface area contributed by atoms with Crippen molar-refractivity contribution in [3.8, 4) is 16.9 Å². The van der Waals surface area contributed by atoms with Crippen LogP contribution >= 0.6 is 11.8 Å². The van der Waals surface area contributed by atoms with Gasteiger partial charge in [-0.25, -0.2) is 0 Å². The van der Waals surface area contributed by atoms with Gasteiger partial charge in [0, 0.05) is 10.5 Å². The fraction of sp³-hybridized carbons (Fsp3) is 0.273. The van der Waals surface area contributed by atoms with Gasteiger partial charge in [-0.15, -0.1) is 11.8 Å². The first-order valence-corrected chi connectivity index (χ1v) is 9.45. The van der Waals surface area contributed by atoms with Crippen LogP contribution in [-0.2, 0) is 4.79 Å². The fourth-order valence-electron chi connectivity index (χ4n) is 2.50. The number of aliphatic imine (C=N–C) groups is 1. The van der Waals surface area contributed by atoms with E-state index in [1.165, 1.54) is 11.8 Å². The number of thioether (sulfide) groups is 1. The van der Waals surface area contributed by atoms with E-state index in [9.17, 15) is 9.90 Å². The number of carboxylic acid groups (broad SMARTS) is 1. The summed E-state index contributed by atoms with van der Waals surface area (Å²) in [6.07, 6.45) is 0.0950. The van der Waals surface area contributed by atoms with Crippen molar-refractivity contribution in [1.82, 2.24) is 0 Å². The molecule has 4 nitrogen and oxygen atoms in total. The van der Waals surface area contributed by atoms with Crippen LogP contribution in [0.3, 0.4) is 0 Å². The van der Waals surface area contributed by atoms with Crippen LogP contribution in [0, 0.1) is 0 Å². The smallest absolute Gasteiger partial charge is 0.319 e. The Kier molecular flexibility index (Phi) is 6.50. The normalized spacial score (nSPS) is 11.3. The number of carbonyl (C=O) groups is 1. The highest BCUT2D eigenvalue weighted by molar-refractivity contribution is 8.10. The van der Waals surface area contributed by atoms with E-state index in [-0.39, 0.29) is 6.10 Å². The molecule has 27 heavy (non-hydrogen) atoms. The molecule has 2 rings (SSSR count). The average molecular weight is 384 g/mol. The second-order valence-electron chi connectivity index (χ2n) is 6.93.